The Morgan fingerprint density at radius 2 is 1.35 bits per heavy atom. The number of hydrogen-bond donors (Lipinski definition) is 20. The summed E-state index contributed by atoms with van der Waals surface area (Å²) in [6.07, 6.45) is -17.5. The van der Waals surface area contributed by atoms with Crippen molar-refractivity contribution in [3.8, 4) is 62.9 Å². The van der Waals surface area contributed by atoms with Gasteiger partial charge in [0.05, 0.1) is 45.7 Å². The first-order chi connectivity index (χ1) is 61.3. The zero-order chi connectivity index (χ0) is 93.0. The van der Waals surface area contributed by atoms with Gasteiger partial charge in [0, 0.05) is 59.5 Å². The summed E-state index contributed by atoms with van der Waals surface area (Å²) in [5.41, 5.74) is 2.29. The molecule has 0 aromatic heterocycles. The van der Waals surface area contributed by atoms with E-state index in [0.29, 0.717) is 16.7 Å². The molecule has 2 fully saturated rings. The van der Waals surface area contributed by atoms with Gasteiger partial charge in [-0.3, -0.25) is 48.5 Å². The molecule has 18 atom stereocenters. The van der Waals surface area contributed by atoms with E-state index in [-0.39, 0.29) is 76.4 Å². The second-order valence-corrected chi connectivity index (χ2v) is 33.6. The number of carbonyl (C=O) groups is 9. The molecule has 6 aliphatic heterocycles. The topological polar surface area (TPSA) is 589 Å². The number of fused-ring (bicyclic) bond motifs is 15. The number of likely N-dealkylation sites (N-methyl/N-ethyl adjacent to an activating group) is 1. The zero-order valence-corrected chi connectivity index (χ0v) is 71.4. The lowest BCUT2D eigenvalue weighted by atomic mass is 9.81. The molecule has 6 heterocycles. The van der Waals surface area contributed by atoms with Crippen molar-refractivity contribution < 1.29 is 128 Å². The first kappa shape index (κ1) is 93.8. The highest BCUT2D eigenvalue weighted by atomic mass is 35.5. The maximum Gasteiger partial charge on any atom is 0.330 e. The summed E-state index contributed by atoms with van der Waals surface area (Å²) in [5, 5.41) is 152. The summed E-state index contributed by atoms with van der Waals surface area (Å²) < 4.78 is 39.4. The number of halogens is 2. The van der Waals surface area contributed by atoms with Gasteiger partial charge in [0.2, 0.25) is 52.8 Å². The van der Waals surface area contributed by atoms with Crippen LogP contribution in [-0.2, 0) is 61.0 Å². The van der Waals surface area contributed by atoms with Gasteiger partial charge in [-0.2, -0.15) is 0 Å². The number of nitrogens with two attached hydrogens (primary N) is 1. The normalized spacial score (nSPS) is 25.4. The molecule has 8 aromatic carbocycles. The van der Waals surface area contributed by atoms with Crippen molar-refractivity contribution in [2.45, 2.75) is 176 Å². The molecule has 0 spiro atoms. The maximum atomic E-state index is 16.5. The molecule has 38 nitrogen and oxygen atoms in total. The first-order valence-electron chi connectivity index (χ1n) is 40.9. The van der Waals surface area contributed by atoms with Gasteiger partial charge in [0.15, 0.2) is 23.8 Å². The number of carboxylic acids is 1. The van der Waals surface area contributed by atoms with E-state index in [2.05, 4.69) is 47.9 Å². The molecule has 40 heteroatoms. The van der Waals surface area contributed by atoms with Gasteiger partial charge in [-0.25, -0.2) is 4.79 Å². The van der Waals surface area contributed by atoms with Crippen molar-refractivity contribution >= 4 is 87.8 Å². The summed E-state index contributed by atoms with van der Waals surface area (Å²) in [4.78, 5) is 147. The summed E-state index contributed by atoms with van der Waals surface area (Å²) >= 11 is 14.5. The molecule has 8 amide bonds. The van der Waals surface area contributed by atoms with E-state index in [1.807, 2.05) is 13.8 Å². The number of hydrogen-bond acceptors (Lipinski definition) is 28. The van der Waals surface area contributed by atoms with Crippen LogP contribution < -0.4 is 72.5 Å². The van der Waals surface area contributed by atoms with Crippen LogP contribution in [0.15, 0.2) is 146 Å². The average Bonchev–Trinajstić information content (AvgIpc) is 0.763. The number of aromatic hydroxyl groups is 3. The number of nitro groups is 1. The van der Waals surface area contributed by atoms with Crippen LogP contribution in [0.1, 0.15) is 139 Å². The lowest BCUT2D eigenvalue weighted by molar-refractivity contribution is -0.386. The van der Waals surface area contributed by atoms with Crippen LogP contribution in [-0.4, -0.2) is 195 Å². The maximum absolute atomic E-state index is 16.5. The number of aryl methyl sites for hydroxylation is 1. The molecule has 682 valence electrons. The third-order valence-electron chi connectivity index (χ3n) is 23.1. The van der Waals surface area contributed by atoms with E-state index in [1.54, 1.807) is 62.4 Å². The van der Waals surface area contributed by atoms with Gasteiger partial charge in [0.25, 0.3) is 5.91 Å². The Bertz CT molecular complexity index is 5680. The number of carbonyl (C=O) groups excluding carboxylic acids is 8. The minimum absolute atomic E-state index is 0.0439. The number of phenols is 3. The molecule has 1 saturated heterocycles. The minimum Gasteiger partial charge on any atom is -0.508 e. The number of nitro benzene ring substituents is 1. The number of aliphatic hydroxyl groups excluding tert-OH is 6. The summed E-state index contributed by atoms with van der Waals surface area (Å²) in [6, 6.07) is 17.4. The highest BCUT2D eigenvalue weighted by molar-refractivity contribution is 6.32. The van der Waals surface area contributed by atoms with Gasteiger partial charge in [-0.15, -0.1) is 0 Å². The largest absolute Gasteiger partial charge is 0.508 e. The molecule has 15 rings (SSSR count). The number of primary amides is 1. The van der Waals surface area contributed by atoms with Crippen LogP contribution in [0, 0.1) is 28.9 Å². The van der Waals surface area contributed by atoms with Gasteiger partial charge < -0.3 is 133 Å². The smallest absolute Gasteiger partial charge is 0.330 e. The number of nitrogens with zero attached hydrogens (tertiary/aromatic N) is 1. The third-order valence-corrected chi connectivity index (χ3v) is 23.7. The monoisotopic (exact) mass is 1820 g/mol. The van der Waals surface area contributed by atoms with Crippen LogP contribution in [0.25, 0.3) is 11.1 Å². The fourth-order valence-electron chi connectivity index (χ4n) is 16.3. The van der Waals surface area contributed by atoms with Gasteiger partial charge in [-0.05, 0) is 158 Å². The lowest BCUT2D eigenvalue weighted by Crippen LogP contribution is -2.63. The molecule has 129 heavy (non-hydrogen) atoms. The Morgan fingerprint density at radius 3 is 2.00 bits per heavy atom. The predicted octanol–water partition coefficient (Wildman–Crippen LogP) is 5.65. The number of benzene rings is 8. The van der Waals surface area contributed by atoms with E-state index in [0.717, 1.165) is 48.5 Å². The number of rotatable bonds is 22. The molecule has 8 aromatic rings. The molecule has 21 N–H and O–H groups in total. The third kappa shape index (κ3) is 20.7. The van der Waals surface area contributed by atoms with Gasteiger partial charge in [-0.1, -0.05) is 104 Å². The fraction of sp³-hybridized carbons (Fsp3) is 0.360. The number of ether oxygens (including phenoxy) is 6. The van der Waals surface area contributed by atoms with Crippen molar-refractivity contribution in [3.05, 3.63) is 216 Å². The van der Waals surface area contributed by atoms with E-state index >= 15 is 24.0 Å². The highest BCUT2D eigenvalue weighted by Crippen LogP contribution is 2.51. The van der Waals surface area contributed by atoms with Gasteiger partial charge in [0.1, 0.15) is 102 Å². The molecule has 11 bridgehead atoms. The first-order valence-corrected chi connectivity index (χ1v) is 41.7. The number of amides is 8. The van der Waals surface area contributed by atoms with E-state index in [4.69, 9.17) is 57.4 Å². The van der Waals surface area contributed by atoms with Crippen LogP contribution in [0.2, 0.25) is 10.0 Å². The second kappa shape index (κ2) is 39.4. The standard InChI is InChI=1S/C89H95Cl2N11O27/c1-38(2)23-55(93-6)82(114)100-70-73(108)44-17-21-59(53(90)26-44)126-62-28-46-29-63(79(62)128-61-30-47(36-103)74(109)76(111)75(61)110)127-60-22-18-45(27-54(60)91)78(129-65-34-89(5,80(112)40(4)125-65)94-35-42-13-10-14-48(24-42)95-81(113)50-19-15-39(3)77(72(50)102(122)123)124-37-41-11-8-7-9-12-41)71-87(119)99-69(88(120)121)52-31-49(104)32-58(106)66(52)51-25-43(16-20-57(51)105)67(84(116)101-71)98-85(117)68(46)97-83(115)56(33-64(92)107)96-86(70)118/h7-22,24-29,31-32,38,40,47,55-56,61,65,67-71,73-76,78,80,93-94,103-106,108-112H,23,30,33-37H2,1-6H3,(H2,92,107)(H,95,113)(H,96,118)(H,97,115)(H,98,117)(H,99,119)(H,100,114)(H,101,116)(H,120,121)/t40-,47?,55?,56-,61?,65?,67+,68+,69+,70?,71-,73+,74+,75-,76?,78?,80?,89-/m0/s1. The molecule has 8 unspecified atom stereocenters. The van der Waals surface area contributed by atoms with Crippen molar-refractivity contribution in [1.82, 2.24) is 42.5 Å². The number of anilines is 1. The number of carboxylic acid groups (broad SMARTS) is 1. The predicted molar refractivity (Wildman–Crippen MR) is 458 cm³/mol. The van der Waals surface area contributed by atoms with Gasteiger partial charge >= 0.3 is 11.7 Å². The Kier molecular flexibility index (Phi) is 28.7. The lowest BCUT2D eigenvalue weighted by Gasteiger charge is -2.47. The van der Waals surface area contributed by atoms with E-state index < -0.39 is 260 Å². The summed E-state index contributed by atoms with van der Waals surface area (Å²) in [5.74, 6) is -18.3. The fourth-order valence-corrected chi connectivity index (χ4v) is 16.8. The molecular weight excluding hydrogens is 1730 g/mol. The Labute approximate surface area is 745 Å². The number of phenolic OH excluding ortho intramolecular Hbond substituents is 3. The SMILES string of the molecule is CNC(CC(C)C)C(=O)NC1C(=O)N[C@@H](CC(N)=O)C(=O)N[C@H]2C(=O)N[C@H]3C(=O)N[C@H](C(=O)N[C@@H](C(=O)O)c4cc(O)cc(O)c4-c4cc3ccc4O)C(OC3C[C@](C)(NCc4cccc(NC(=O)c5ccc(C)c(OCc6ccccc6)c5[N+](=O)[O-])c4)C(O)[C@H](C)O3)c3ccc(c(Cl)c3)Oc3cc2cc(c3OC2CC(CO)[C@@H](O)C(O)[C@H]2O)Oc2ccc(cc2Cl)[C@H]1O. The highest BCUT2D eigenvalue weighted by Gasteiger charge is 2.50. The van der Waals surface area contributed by atoms with Crippen molar-refractivity contribution in [3.63, 3.8) is 0 Å². The van der Waals surface area contributed by atoms with Crippen molar-refractivity contribution in [1.29, 1.82) is 0 Å². The molecule has 7 aliphatic rings. The van der Waals surface area contributed by atoms with E-state index in [1.165, 1.54) is 62.5 Å². The van der Waals surface area contributed by atoms with Crippen LogP contribution in [0.5, 0.6) is 51.7 Å². The van der Waals surface area contributed by atoms with Crippen LogP contribution in [0.4, 0.5) is 11.4 Å². The summed E-state index contributed by atoms with van der Waals surface area (Å²) in [6.45, 7) is 7.37. The number of aliphatic carboxylic acids is 1. The summed E-state index contributed by atoms with van der Waals surface area (Å²) in [7, 11) is 1.47. The Balaban J connectivity index is 0.955. The number of aliphatic hydroxyl groups is 6. The molecular formula is C89H95Cl2N11O27. The quantitative estimate of drug-likeness (QED) is 0.0288. The van der Waals surface area contributed by atoms with E-state index in [9.17, 15) is 80.4 Å². The molecule has 0 radical (unpaired) electrons. The Hall–Kier alpha value is -12.8. The minimum atomic E-state index is -2.38. The van der Waals surface area contributed by atoms with Crippen molar-refractivity contribution in [2.24, 2.45) is 17.6 Å². The second-order valence-electron chi connectivity index (χ2n) is 32.8. The van der Waals surface area contributed by atoms with Crippen LogP contribution >= 0.6 is 23.2 Å². The average molecular weight is 1820 g/mol. The molecule has 1 saturated carbocycles. The Morgan fingerprint density at radius 1 is 0.698 bits per heavy atom. The molecule has 1 aliphatic carbocycles. The number of nitrogens with one attached hydrogen (secondary N) is 9. The van der Waals surface area contributed by atoms with Crippen molar-refractivity contribution in [2.75, 3.05) is 19.0 Å². The van der Waals surface area contributed by atoms with Crippen LogP contribution in [0.3, 0.4) is 0 Å². The zero-order valence-electron chi connectivity index (χ0n) is 69.9.